The van der Waals surface area contributed by atoms with Gasteiger partial charge in [0.05, 0.1) is 6.20 Å². The summed E-state index contributed by atoms with van der Waals surface area (Å²) in [5.74, 6) is 0. The van der Waals surface area contributed by atoms with Crippen molar-refractivity contribution < 1.29 is 9.63 Å². The van der Waals surface area contributed by atoms with E-state index in [4.69, 9.17) is 0 Å². The Morgan fingerprint density at radius 1 is 1.21 bits per heavy atom. The van der Waals surface area contributed by atoms with Crippen molar-refractivity contribution in [1.82, 2.24) is 5.16 Å². The monoisotopic (exact) mass is 189 g/mol. The minimum atomic E-state index is -0.651. The van der Waals surface area contributed by atoms with Crippen LogP contribution in [0.15, 0.2) is 41.2 Å². The summed E-state index contributed by atoms with van der Waals surface area (Å²) in [6.45, 7) is 2.01. The van der Waals surface area contributed by atoms with Crippen LogP contribution in [0.3, 0.4) is 0 Å². The lowest BCUT2D eigenvalue weighted by Crippen LogP contribution is -1.97. The van der Waals surface area contributed by atoms with Crippen molar-refractivity contribution >= 4 is 0 Å². The molecule has 3 heteroatoms. The Kier molecular flexibility index (Phi) is 2.33. The predicted octanol–water partition coefficient (Wildman–Crippen LogP) is 2.06. The Bertz CT molecular complexity index is 392. The molecule has 1 aromatic carbocycles. The molecular weight excluding hydrogens is 178 g/mol. The van der Waals surface area contributed by atoms with Gasteiger partial charge in [-0.2, -0.15) is 0 Å². The van der Waals surface area contributed by atoms with E-state index in [9.17, 15) is 5.11 Å². The van der Waals surface area contributed by atoms with E-state index >= 15 is 0 Å². The van der Waals surface area contributed by atoms with Gasteiger partial charge in [-0.1, -0.05) is 35.0 Å². The molecule has 1 atom stereocenters. The molecule has 0 spiro atoms. The highest BCUT2D eigenvalue weighted by molar-refractivity contribution is 5.28. The zero-order chi connectivity index (χ0) is 9.97. The van der Waals surface area contributed by atoms with Crippen molar-refractivity contribution in [1.29, 1.82) is 0 Å². The van der Waals surface area contributed by atoms with Crippen molar-refractivity contribution in [2.75, 3.05) is 0 Å². The molecule has 0 bridgehead atoms. The number of hydrogen-bond donors (Lipinski definition) is 1. The second-order valence-corrected chi connectivity index (χ2v) is 3.27. The number of nitrogens with zero attached hydrogens (tertiary/aromatic N) is 1. The first-order valence-corrected chi connectivity index (χ1v) is 4.41. The molecule has 0 radical (unpaired) electrons. The van der Waals surface area contributed by atoms with Crippen LogP contribution in [0.4, 0.5) is 0 Å². The van der Waals surface area contributed by atoms with E-state index in [1.165, 1.54) is 18.0 Å². The average Bonchev–Trinajstić information content (AvgIpc) is 2.71. The van der Waals surface area contributed by atoms with Gasteiger partial charge in [0.15, 0.2) is 0 Å². The standard InChI is InChI=1S/C11H11NO2/c1-8-2-4-9(5-3-8)11(13)10-6-12-14-7-10/h2-7,11,13H,1H3. The number of benzene rings is 1. The normalized spacial score (nSPS) is 12.7. The van der Waals surface area contributed by atoms with Crippen LogP contribution in [0.2, 0.25) is 0 Å². The zero-order valence-corrected chi connectivity index (χ0v) is 7.84. The third kappa shape index (κ3) is 1.67. The Hall–Kier alpha value is -1.61. The predicted molar refractivity (Wildman–Crippen MR) is 51.7 cm³/mol. The first-order valence-electron chi connectivity index (χ1n) is 4.41. The molecule has 0 saturated carbocycles. The lowest BCUT2D eigenvalue weighted by Gasteiger charge is -2.07. The maximum absolute atomic E-state index is 9.87. The molecular formula is C11H11NO2. The van der Waals surface area contributed by atoms with Crippen molar-refractivity contribution in [3.05, 3.63) is 53.4 Å². The lowest BCUT2D eigenvalue weighted by molar-refractivity contribution is 0.219. The fraction of sp³-hybridized carbons (Fsp3) is 0.182. The number of aromatic nitrogens is 1. The summed E-state index contributed by atoms with van der Waals surface area (Å²) in [7, 11) is 0. The van der Waals surface area contributed by atoms with Crippen LogP contribution < -0.4 is 0 Å². The van der Waals surface area contributed by atoms with Gasteiger partial charge in [-0.05, 0) is 12.5 Å². The maximum Gasteiger partial charge on any atom is 0.129 e. The highest BCUT2D eigenvalue weighted by Crippen LogP contribution is 2.21. The third-order valence-corrected chi connectivity index (χ3v) is 2.16. The third-order valence-electron chi connectivity index (χ3n) is 2.16. The minimum absolute atomic E-state index is 0.651. The van der Waals surface area contributed by atoms with E-state index < -0.39 is 6.10 Å². The average molecular weight is 189 g/mol. The van der Waals surface area contributed by atoms with E-state index in [-0.39, 0.29) is 0 Å². The van der Waals surface area contributed by atoms with E-state index in [2.05, 4.69) is 9.68 Å². The number of aryl methyl sites for hydroxylation is 1. The van der Waals surface area contributed by atoms with E-state index in [0.717, 1.165) is 5.56 Å². The second kappa shape index (κ2) is 3.64. The van der Waals surface area contributed by atoms with Gasteiger partial charge in [-0.15, -0.1) is 0 Å². The van der Waals surface area contributed by atoms with Gasteiger partial charge in [0.1, 0.15) is 12.4 Å². The molecule has 3 nitrogen and oxygen atoms in total. The molecule has 1 heterocycles. The molecule has 14 heavy (non-hydrogen) atoms. The summed E-state index contributed by atoms with van der Waals surface area (Å²) in [5.41, 5.74) is 2.69. The summed E-state index contributed by atoms with van der Waals surface area (Å²) in [6.07, 6.45) is 2.32. The Labute approximate surface area is 82.0 Å². The Balaban J connectivity index is 2.28. The number of aliphatic hydroxyl groups is 1. The van der Waals surface area contributed by atoms with Gasteiger partial charge < -0.3 is 9.63 Å². The quantitative estimate of drug-likeness (QED) is 0.786. The van der Waals surface area contributed by atoms with Crippen LogP contribution in [0, 0.1) is 6.92 Å². The number of hydrogen-bond acceptors (Lipinski definition) is 3. The number of aliphatic hydroxyl groups excluding tert-OH is 1. The number of rotatable bonds is 2. The molecule has 0 aliphatic carbocycles. The van der Waals surface area contributed by atoms with Crippen LogP contribution in [-0.4, -0.2) is 10.3 Å². The first-order chi connectivity index (χ1) is 6.77. The van der Waals surface area contributed by atoms with Gasteiger partial charge in [-0.3, -0.25) is 0 Å². The lowest BCUT2D eigenvalue weighted by atomic mass is 10.0. The fourth-order valence-corrected chi connectivity index (χ4v) is 1.29. The molecule has 72 valence electrons. The van der Waals surface area contributed by atoms with Crippen LogP contribution >= 0.6 is 0 Å². The fourth-order valence-electron chi connectivity index (χ4n) is 1.29. The van der Waals surface area contributed by atoms with Gasteiger partial charge >= 0.3 is 0 Å². The highest BCUT2D eigenvalue weighted by atomic mass is 16.5. The molecule has 1 N–H and O–H groups in total. The van der Waals surface area contributed by atoms with Gasteiger partial charge in [0.25, 0.3) is 0 Å². The molecule has 0 aliphatic rings. The Morgan fingerprint density at radius 3 is 2.50 bits per heavy atom. The van der Waals surface area contributed by atoms with Crippen molar-refractivity contribution in [3.8, 4) is 0 Å². The molecule has 0 amide bonds. The van der Waals surface area contributed by atoms with Crippen LogP contribution in [0.5, 0.6) is 0 Å². The molecule has 0 fully saturated rings. The minimum Gasteiger partial charge on any atom is -0.383 e. The zero-order valence-electron chi connectivity index (χ0n) is 7.84. The Morgan fingerprint density at radius 2 is 1.93 bits per heavy atom. The second-order valence-electron chi connectivity index (χ2n) is 3.27. The summed E-state index contributed by atoms with van der Waals surface area (Å²) in [5, 5.41) is 13.4. The SMILES string of the molecule is Cc1ccc(C(O)c2cnoc2)cc1. The van der Waals surface area contributed by atoms with Crippen molar-refractivity contribution in [2.24, 2.45) is 0 Å². The molecule has 1 unspecified atom stereocenters. The topological polar surface area (TPSA) is 46.3 Å². The molecule has 0 aliphatic heterocycles. The van der Waals surface area contributed by atoms with Gasteiger partial charge in [0.2, 0.25) is 0 Å². The van der Waals surface area contributed by atoms with Crippen LogP contribution in [0.1, 0.15) is 22.8 Å². The van der Waals surface area contributed by atoms with Crippen molar-refractivity contribution in [2.45, 2.75) is 13.0 Å². The van der Waals surface area contributed by atoms with Crippen LogP contribution in [-0.2, 0) is 0 Å². The summed E-state index contributed by atoms with van der Waals surface area (Å²) < 4.78 is 4.67. The van der Waals surface area contributed by atoms with Crippen molar-refractivity contribution in [3.63, 3.8) is 0 Å². The molecule has 1 aromatic heterocycles. The van der Waals surface area contributed by atoms with E-state index in [1.54, 1.807) is 0 Å². The summed E-state index contributed by atoms with van der Waals surface area (Å²) >= 11 is 0. The van der Waals surface area contributed by atoms with E-state index in [0.29, 0.717) is 5.56 Å². The molecule has 0 saturated heterocycles. The largest absolute Gasteiger partial charge is 0.383 e. The summed E-state index contributed by atoms with van der Waals surface area (Å²) in [6, 6.07) is 7.72. The smallest absolute Gasteiger partial charge is 0.129 e. The van der Waals surface area contributed by atoms with Crippen LogP contribution in [0.25, 0.3) is 0 Å². The molecule has 2 aromatic rings. The highest BCUT2D eigenvalue weighted by Gasteiger charge is 2.11. The maximum atomic E-state index is 9.87. The first kappa shape index (κ1) is 8.97. The van der Waals surface area contributed by atoms with E-state index in [1.807, 2.05) is 31.2 Å². The van der Waals surface area contributed by atoms with Gasteiger partial charge in [-0.25, -0.2) is 0 Å². The molecule has 2 rings (SSSR count). The summed E-state index contributed by atoms with van der Waals surface area (Å²) in [4.78, 5) is 0. The van der Waals surface area contributed by atoms with Gasteiger partial charge in [0, 0.05) is 5.56 Å².